The quantitative estimate of drug-likeness (QED) is 0.423. The molecule has 0 bridgehead atoms. The Kier molecular flexibility index (Phi) is 4.36. The van der Waals surface area contributed by atoms with Gasteiger partial charge in [0.2, 0.25) is 0 Å². The van der Waals surface area contributed by atoms with E-state index in [1.165, 1.54) is 0 Å². The van der Waals surface area contributed by atoms with Crippen molar-refractivity contribution in [2.75, 3.05) is 14.2 Å². The number of hydrogen-bond donors (Lipinski definition) is 0. The molecule has 0 rings (SSSR count). The predicted molar refractivity (Wildman–Crippen MR) is 37.2 cm³/mol. The van der Waals surface area contributed by atoms with Gasteiger partial charge in [-0.25, -0.2) is 0 Å². The Morgan fingerprint density at radius 1 is 1.33 bits per heavy atom. The average molecular weight is 130 g/mol. The van der Waals surface area contributed by atoms with Crippen LogP contribution in [0.1, 0.15) is 6.92 Å². The predicted octanol–water partition coefficient (Wildman–Crippen LogP) is 1.43. The second kappa shape index (κ2) is 4.53. The molecular weight excluding hydrogens is 116 g/mol. The van der Waals surface area contributed by atoms with E-state index < -0.39 is 0 Å². The highest BCUT2D eigenvalue weighted by Gasteiger charge is 2.10. The van der Waals surface area contributed by atoms with Crippen molar-refractivity contribution >= 4 is 0 Å². The molecule has 1 atom stereocenters. The molecule has 0 spiro atoms. The molecule has 2 heteroatoms. The summed E-state index contributed by atoms with van der Waals surface area (Å²) in [4.78, 5) is 0. The van der Waals surface area contributed by atoms with E-state index >= 15 is 0 Å². The fraction of sp³-hybridized carbons (Fsp3) is 0.714. The van der Waals surface area contributed by atoms with Crippen LogP contribution in [0.25, 0.3) is 0 Å². The van der Waals surface area contributed by atoms with Crippen molar-refractivity contribution in [2.45, 2.75) is 13.2 Å². The monoisotopic (exact) mass is 130 g/mol. The lowest BCUT2D eigenvalue weighted by atomic mass is 10.2. The van der Waals surface area contributed by atoms with Gasteiger partial charge in [-0.05, 0) is 0 Å². The SMILES string of the molecule is C=CC(C)C(OC)OC. The molecule has 54 valence electrons. The van der Waals surface area contributed by atoms with Gasteiger partial charge in [0, 0.05) is 20.1 Å². The summed E-state index contributed by atoms with van der Waals surface area (Å²) in [5.41, 5.74) is 0. The molecule has 0 fully saturated rings. The lowest BCUT2D eigenvalue weighted by molar-refractivity contribution is -0.122. The van der Waals surface area contributed by atoms with Crippen LogP contribution < -0.4 is 0 Å². The van der Waals surface area contributed by atoms with Crippen molar-refractivity contribution in [3.8, 4) is 0 Å². The van der Waals surface area contributed by atoms with Gasteiger partial charge in [-0.1, -0.05) is 13.0 Å². The van der Waals surface area contributed by atoms with E-state index in [0.29, 0.717) is 0 Å². The zero-order valence-corrected chi connectivity index (χ0v) is 6.26. The molecule has 0 aromatic carbocycles. The van der Waals surface area contributed by atoms with Gasteiger partial charge in [0.05, 0.1) is 0 Å². The van der Waals surface area contributed by atoms with Gasteiger partial charge in [0.25, 0.3) is 0 Å². The minimum atomic E-state index is -0.150. The van der Waals surface area contributed by atoms with Crippen LogP contribution in [-0.2, 0) is 9.47 Å². The van der Waals surface area contributed by atoms with Crippen LogP contribution in [0.3, 0.4) is 0 Å². The van der Waals surface area contributed by atoms with E-state index in [1.807, 2.05) is 6.92 Å². The van der Waals surface area contributed by atoms with Gasteiger partial charge >= 0.3 is 0 Å². The van der Waals surface area contributed by atoms with Crippen LogP contribution >= 0.6 is 0 Å². The zero-order valence-electron chi connectivity index (χ0n) is 6.26. The van der Waals surface area contributed by atoms with E-state index in [0.717, 1.165) is 0 Å². The highest BCUT2D eigenvalue weighted by molar-refractivity contribution is 4.77. The Morgan fingerprint density at radius 3 is 1.89 bits per heavy atom. The number of rotatable bonds is 4. The van der Waals surface area contributed by atoms with Crippen molar-refractivity contribution in [2.24, 2.45) is 5.92 Å². The summed E-state index contributed by atoms with van der Waals surface area (Å²) < 4.78 is 9.92. The number of methoxy groups -OCH3 is 2. The van der Waals surface area contributed by atoms with Crippen molar-refractivity contribution in [3.63, 3.8) is 0 Å². The fourth-order valence-corrected chi connectivity index (χ4v) is 0.637. The maximum absolute atomic E-state index is 4.96. The largest absolute Gasteiger partial charge is 0.355 e. The third-order valence-electron chi connectivity index (χ3n) is 1.27. The highest BCUT2D eigenvalue weighted by Crippen LogP contribution is 2.06. The van der Waals surface area contributed by atoms with Crippen molar-refractivity contribution < 1.29 is 9.47 Å². The molecule has 0 aliphatic carbocycles. The maximum atomic E-state index is 4.96. The molecule has 0 saturated carbocycles. The van der Waals surface area contributed by atoms with Crippen LogP contribution in [0.15, 0.2) is 12.7 Å². The minimum absolute atomic E-state index is 0.150. The van der Waals surface area contributed by atoms with E-state index in [2.05, 4.69) is 6.58 Å². The van der Waals surface area contributed by atoms with E-state index in [1.54, 1.807) is 20.3 Å². The maximum Gasteiger partial charge on any atom is 0.162 e. The summed E-state index contributed by atoms with van der Waals surface area (Å²) in [7, 11) is 3.24. The highest BCUT2D eigenvalue weighted by atomic mass is 16.7. The normalized spacial score (nSPS) is 13.8. The molecule has 0 aliphatic heterocycles. The molecule has 0 radical (unpaired) electrons. The van der Waals surface area contributed by atoms with Crippen LogP contribution in [0, 0.1) is 5.92 Å². The van der Waals surface area contributed by atoms with Crippen LogP contribution in [0.2, 0.25) is 0 Å². The standard InChI is InChI=1S/C7H14O2/c1-5-6(2)7(8-3)9-4/h5-7H,1H2,2-4H3. The van der Waals surface area contributed by atoms with Gasteiger partial charge in [0.1, 0.15) is 0 Å². The minimum Gasteiger partial charge on any atom is -0.355 e. The molecule has 1 unspecified atom stereocenters. The summed E-state index contributed by atoms with van der Waals surface area (Å²) >= 11 is 0. The average Bonchev–Trinajstić information content (AvgIpc) is 1.90. The molecule has 0 heterocycles. The first-order chi connectivity index (χ1) is 4.26. The summed E-state index contributed by atoms with van der Waals surface area (Å²) in [5.74, 6) is 0.250. The van der Waals surface area contributed by atoms with Gasteiger partial charge in [-0.3, -0.25) is 0 Å². The Hall–Kier alpha value is -0.340. The third-order valence-corrected chi connectivity index (χ3v) is 1.27. The molecule has 0 aliphatic rings. The van der Waals surface area contributed by atoms with Gasteiger partial charge in [0.15, 0.2) is 6.29 Å². The molecule has 0 aromatic heterocycles. The van der Waals surface area contributed by atoms with Gasteiger partial charge in [-0.2, -0.15) is 0 Å². The second-order valence-electron chi connectivity index (χ2n) is 1.93. The summed E-state index contributed by atoms with van der Waals surface area (Å²) in [5, 5.41) is 0. The van der Waals surface area contributed by atoms with Crippen LogP contribution in [0.5, 0.6) is 0 Å². The Labute approximate surface area is 56.5 Å². The van der Waals surface area contributed by atoms with Crippen molar-refractivity contribution in [3.05, 3.63) is 12.7 Å². The first kappa shape index (κ1) is 8.66. The van der Waals surface area contributed by atoms with E-state index in [-0.39, 0.29) is 12.2 Å². The lowest BCUT2D eigenvalue weighted by Crippen LogP contribution is -2.20. The fourth-order valence-electron chi connectivity index (χ4n) is 0.637. The van der Waals surface area contributed by atoms with Crippen LogP contribution in [-0.4, -0.2) is 20.5 Å². The summed E-state index contributed by atoms with van der Waals surface area (Å²) in [6.45, 7) is 5.61. The first-order valence-electron chi connectivity index (χ1n) is 2.94. The zero-order chi connectivity index (χ0) is 7.28. The Bertz CT molecular complexity index is 77.0. The lowest BCUT2D eigenvalue weighted by Gasteiger charge is -2.16. The Morgan fingerprint density at radius 2 is 1.78 bits per heavy atom. The molecule has 0 N–H and O–H groups in total. The Balaban J connectivity index is 3.63. The molecule has 0 aromatic rings. The smallest absolute Gasteiger partial charge is 0.162 e. The van der Waals surface area contributed by atoms with Gasteiger partial charge < -0.3 is 9.47 Å². The topological polar surface area (TPSA) is 18.5 Å². The second-order valence-corrected chi connectivity index (χ2v) is 1.93. The summed E-state index contributed by atoms with van der Waals surface area (Å²) in [6.07, 6.45) is 1.65. The van der Waals surface area contributed by atoms with Crippen LogP contribution in [0.4, 0.5) is 0 Å². The van der Waals surface area contributed by atoms with Crippen molar-refractivity contribution in [1.29, 1.82) is 0 Å². The van der Waals surface area contributed by atoms with E-state index in [9.17, 15) is 0 Å². The van der Waals surface area contributed by atoms with Gasteiger partial charge in [-0.15, -0.1) is 6.58 Å². The first-order valence-corrected chi connectivity index (χ1v) is 2.94. The van der Waals surface area contributed by atoms with Crippen molar-refractivity contribution in [1.82, 2.24) is 0 Å². The molecule has 2 nitrogen and oxygen atoms in total. The summed E-state index contributed by atoms with van der Waals surface area (Å²) in [6, 6.07) is 0. The molecule has 9 heavy (non-hydrogen) atoms. The van der Waals surface area contributed by atoms with E-state index in [4.69, 9.17) is 9.47 Å². The molecular formula is C7H14O2. The molecule has 0 saturated heterocycles. The third kappa shape index (κ3) is 2.63. The number of ether oxygens (including phenoxy) is 2. The number of hydrogen-bond acceptors (Lipinski definition) is 2. The molecule has 0 amide bonds.